The van der Waals surface area contributed by atoms with Crippen molar-refractivity contribution in [1.29, 1.82) is 0 Å². The third-order valence-electron chi connectivity index (χ3n) is 4.68. The van der Waals surface area contributed by atoms with Gasteiger partial charge >= 0.3 is 0 Å². The van der Waals surface area contributed by atoms with Crippen molar-refractivity contribution < 1.29 is 4.42 Å². The Morgan fingerprint density at radius 2 is 2.25 bits per heavy atom. The molecular weight excluding hydrogens is 248 g/mol. The van der Waals surface area contributed by atoms with E-state index in [2.05, 4.69) is 30.1 Å². The van der Waals surface area contributed by atoms with Gasteiger partial charge in [-0.05, 0) is 44.2 Å². The molecular formula is C17H28N2O. The summed E-state index contributed by atoms with van der Waals surface area (Å²) in [6.07, 6.45) is 8.21. The fourth-order valence-corrected chi connectivity index (χ4v) is 3.84. The van der Waals surface area contributed by atoms with E-state index in [0.717, 1.165) is 6.42 Å². The number of hydrogen-bond acceptors (Lipinski definition) is 3. The number of hydrogen-bond donors (Lipinski definition) is 1. The molecule has 1 aromatic heterocycles. The van der Waals surface area contributed by atoms with Crippen molar-refractivity contribution in [2.24, 2.45) is 5.92 Å². The van der Waals surface area contributed by atoms with Crippen molar-refractivity contribution >= 4 is 0 Å². The molecule has 0 amide bonds. The Bertz CT molecular complexity index is 420. The minimum atomic E-state index is 0.572. The number of nitrogens with zero attached hydrogens (tertiary/aromatic N) is 1. The van der Waals surface area contributed by atoms with Gasteiger partial charge in [0.25, 0.3) is 0 Å². The number of nitrogens with one attached hydrogen (secondary N) is 1. The molecule has 1 aromatic rings. The van der Waals surface area contributed by atoms with Crippen LogP contribution in [0.5, 0.6) is 0 Å². The lowest BCUT2D eigenvalue weighted by Crippen LogP contribution is -2.42. The smallest absolute Gasteiger partial charge is 0.108 e. The van der Waals surface area contributed by atoms with E-state index in [1.807, 2.05) is 6.26 Å². The molecule has 3 rings (SSSR count). The Kier molecular flexibility index (Phi) is 4.47. The second-order valence-electron chi connectivity index (χ2n) is 6.85. The molecule has 1 N–H and O–H groups in total. The molecule has 0 saturated carbocycles. The monoisotopic (exact) mass is 276 g/mol. The topological polar surface area (TPSA) is 28.4 Å². The highest BCUT2D eigenvalue weighted by Gasteiger charge is 2.30. The lowest BCUT2D eigenvalue weighted by molar-refractivity contribution is 0.143. The molecule has 2 atom stereocenters. The molecule has 3 heteroatoms. The summed E-state index contributed by atoms with van der Waals surface area (Å²) in [5, 5.41) is 3.65. The summed E-state index contributed by atoms with van der Waals surface area (Å²) in [4.78, 5) is 2.71. The summed E-state index contributed by atoms with van der Waals surface area (Å²) in [6, 6.07) is 3.46. The highest BCUT2D eigenvalue weighted by Crippen LogP contribution is 2.35. The maximum atomic E-state index is 5.67. The molecule has 0 bridgehead atoms. The van der Waals surface area contributed by atoms with Gasteiger partial charge in [-0.25, -0.2) is 0 Å². The van der Waals surface area contributed by atoms with Crippen molar-refractivity contribution in [3.05, 3.63) is 23.7 Å². The fourth-order valence-electron chi connectivity index (χ4n) is 3.84. The predicted octanol–water partition coefficient (Wildman–Crippen LogP) is 3.37. The quantitative estimate of drug-likeness (QED) is 0.894. The second kappa shape index (κ2) is 6.31. The molecule has 1 aliphatic carbocycles. The molecule has 112 valence electrons. The zero-order valence-electron chi connectivity index (χ0n) is 12.9. The van der Waals surface area contributed by atoms with Gasteiger partial charge in [0.2, 0.25) is 0 Å². The average Bonchev–Trinajstić information content (AvgIpc) is 3.07. The molecule has 2 aliphatic rings. The summed E-state index contributed by atoms with van der Waals surface area (Å²) in [7, 11) is 0. The Balaban J connectivity index is 1.75. The summed E-state index contributed by atoms with van der Waals surface area (Å²) in [6.45, 7) is 8.23. The van der Waals surface area contributed by atoms with E-state index in [9.17, 15) is 0 Å². The van der Waals surface area contributed by atoms with Crippen LogP contribution < -0.4 is 5.32 Å². The van der Waals surface area contributed by atoms with E-state index in [0.29, 0.717) is 18.0 Å². The van der Waals surface area contributed by atoms with Crippen LogP contribution in [0.4, 0.5) is 0 Å². The maximum absolute atomic E-state index is 5.67. The lowest BCUT2D eigenvalue weighted by atomic mass is 9.91. The summed E-state index contributed by atoms with van der Waals surface area (Å²) in [5.41, 5.74) is 1.45. The SMILES string of the molecule is CC(C)CN(CC1CCCN1)C1CCCc2occc21. The Morgan fingerprint density at radius 1 is 1.35 bits per heavy atom. The van der Waals surface area contributed by atoms with E-state index >= 15 is 0 Å². The second-order valence-corrected chi connectivity index (χ2v) is 6.85. The number of rotatable bonds is 5. The van der Waals surface area contributed by atoms with E-state index < -0.39 is 0 Å². The zero-order valence-corrected chi connectivity index (χ0v) is 12.9. The van der Waals surface area contributed by atoms with Crippen LogP contribution in [0.15, 0.2) is 16.7 Å². The first-order chi connectivity index (χ1) is 9.74. The van der Waals surface area contributed by atoms with Gasteiger partial charge in [-0.2, -0.15) is 0 Å². The van der Waals surface area contributed by atoms with Crippen LogP contribution in [0.2, 0.25) is 0 Å². The van der Waals surface area contributed by atoms with Crippen molar-refractivity contribution in [2.45, 2.75) is 58.0 Å². The molecule has 20 heavy (non-hydrogen) atoms. The molecule has 2 unspecified atom stereocenters. The molecule has 1 fully saturated rings. The highest BCUT2D eigenvalue weighted by molar-refractivity contribution is 5.24. The third kappa shape index (κ3) is 3.09. The summed E-state index contributed by atoms with van der Waals surface area (Å²) < 4.78 is 5.67. The van der Waals surface area contributed by atoms with E-state index in [1.165, 1.54) is 56.6 Å². The molecule has 0 spiro atoms. The van der Waals surface area contributed by atoms with Gasteiger partial charge in [-0.15, -0.1) is 0 Å². The molecule has 1 aliphatic heterocycles. The Hall–Kier alpha value is -0.800. The van der Waals surface area contributed by atoms with Crippen molar-refractivity contribution in [1.82, 2.24) is 10.2 Å². The lowest BCUT2D eigenvalue weighted by Gasteiger charge is -2.36. The first kappa shape index (κ1) is 14.2. The molecule has 1 saturated heterocycles. The third-order valence-corrected chi connectivity index (χ3v) is 4.68. The van der Waals surface area contributed by atoms with Crippen LogP contribution >= 0.6 is 0 Å². The first-order valence-corrected chi connectivity index (χ1v) is 8.27. The summed E-state index contributed by atoms with van der Waals surface area (Å²) in [5.74, 6) is 1.95. The number of furan rings is 1. The first-order valence-electron chi connectivity index (χ1n) is 8.27. The minimum absolute atomic E-state index is 0.572. The normalized spacial score (nSPS) is 26.4. The van der Waals surface area contributed by atoms with Crippen LogP contribution in [0.1, 0.15) is 56.9 Å². The van der Waals surface area contributed by atoms with Gasteiger partial charge in [0.1, 0.15) is 5.76 Å². The largest absolute Gasteiger partial charge is 0.469 e. The summed E-state index contributed by atoms with van der Waals surface area (Å²) >= 11 is 0. The fraction of sp³-hybridized carbons (Fsp3) is 0.765. The van der Waals surface area contributed by atoms with Gasteiger partial charge in [-0.3, -0.25) is 4.90 Å². The van der Waals surface area contributed by atoms with Crippen LogP contribution in [-0.2, 0) is 6.42 Å². The Labute approximate surface area is 122 Å². The average molecular weight is 276 g/mol. The molecule has 3 nitrogen and oxygen atoms in total. The van der Waals surface area contributed by atoms with Crippen molar-refractivity contribution in [2.75, 3.05) is 19.6 Å². The van der Waals surface area contributed by atoms with Crippen LogP contribution in [0.3, 0.4) is 0 Å². The Morgan fingerprint density at radius 3 is 3.00 bits per heavy atom. The van der Waals surface area contributed by atoms with Crippen LogP contribution in [-0.4, -0.2) is 30.6 Å². The minimum Gasteiger partial charge on any atom is -0.469 e. The molecule has 0 radical (unpaired) electrons. The van der Waals surface area contributed by atoms with E-state index in [1.54, 1.807) is 0 Å². The number of aryl methyl sites for hydroxylation is 1. The van der Waals surface area contributed by atoms with Gasteiger partial charge in [0, 0.05) is 37.2 Å². The predicted molar refractivity (Wildman–Crippen MR) is 81.8 cm³/mol. The zero-order chi connectivity index (χ0) is 13.9. The van der Waals surface area contributed by atoms with Gasteiger partial charge in [0.15, 0.2) is 0 Å². The molecule has 0 aromatic carbocycles. The van der Waals surface area contributed by atoms with Crippen LogP contribution in [0, 0.1) is 5.92 Å². The van der Waals surface area contributed by atoms with Gasteiger partial charge < -0.3 is 9.73 Å². The van der Waals surface area contributed by atoms with Gasteiger partial charge in [0.05, 0.1) is 6.26 Å². The van der Waals surface area contributed by atoms with Gasteiger partial charge in [-0.1, -0.05) is 13.8 Å². The van der Waals surface area contributed by atoms with Crippen molar-refractivity contribution in [3.8, 4) is 0 Å². The maximum Gasteiger partial charge on any atom is 0.108 e. The standard InChI is InChI=1S/C17H28N2O/c1-13(2)11-19(12-14-5-4-9-18-14)16-6-3-7-17-15(16)8-10-20-17/h8,10,13-14,16,18H,3-7,9,11-12H2,1-2H3. The van der Waals surface area contributed by atoms with Crippen LogP contribution in [0.25, 0.3) is 0 Å². The van der Waals surface area contributed by atoms with E-state index in [4.69, 9.17) is 4.42 Å². The molecule has 2 heterocycles. The number of fused-ring (bicyclic) bond motifs is 1. The van der Waals surface area contributed by atoms with E-state index in [-0.39, 0.29) is 0 Å². The van der Waals surface area contributed by atoms with Crippen molar-refractivity contribution in [3.63, 3.8) is 0 Å². The highest BCUT2D eigenvalue weighted by atomic mass is 16.3.